The lowest BCUT2D eigenvalue weighted by Crippen LogP contribution is -1.86. The molecule has 0 atom stereocenters. The van der Waals surface area contributed by atoms with E-state index in [0.717, 1.165) is 22.3 Å². The van der Waals surface area contributed by atoms with Gasteiger partial charge < -0.3 is 10.2 Å². The van der Waals surface area contributed by atoms with Crippen LogP contribution in [0.2, 0.25) is 0 Å². The van der Waals surface area contributed by atoms with E-state index in [9.17, 15) is 10.2 Å². The first kappa shape index (κ1) is 11.5. The first-order valence-electron chi connectivity index (χ1n) is 5.59. The van der Waals surface area contributed by atoms with Gasteiger partial charge in [-0.3, -0.25) is 0 Å². The third kappa shape index (κ3) is 2.11. The van der Waals surface area contributed by atoms with Crippen molar-refractivity contribution in [2.24, 2.45) is 0 Å². The molecular weight excluding hydrogens is 212 g/mol. The van der Waals surface area contributed by atoms with Gasteiger partial charge in [0.25, 0.3) is 0 Å². The van der Waals surface area contributed by atoms with Crippen molar-refractivity contribution in [3.63, 3.8) is 0 Å². The van der Waals surface area contributed by atoms with Crippen molar-refractivity contribution in [3.05, 3.63) is 47.0 Å². The number of rotatable bonds is 1. The summed E-state index contributed by atoms with van der Waals surface area (Å²) < 4.78 is 0. The molecule has 0 amide bonds. The number of hydrogen-bond acceptors (Lipinski definition) is 2. The molecule has 2 heteroatoms. The van der Waals surface area contributed by atoms with Gasteiger partial charge in [-0.2, -0.15) is 0 Å². The Bertz CT molecular complexity index is 551. The Labute approximate surface area is 101 Å². The molecule has 88 valence electrons. The fraction of sp³-hybridized carbons (Fsp3) is 0.200. The topological polar surface area (TPSA) is 40.5 Å². The lowest BCUT2D eigenvalue weighted by molar-refractivity contribution is 0.451. The second-order valence-corrected chi connectivity index (χ2v) is 4.50. The molecule has 0 saturated carbocycles. The van der Waals surface area contributed by atoms with E-state index in [2.05, 4.69) is 6.07 Å². The number of aryl methyl sites for hydroxylation is 3. The largest absolute Gasteiger partial charge is 0.507 e. The van der Waals surface area contributed by atoms with E-state index in [1.807, 2.05) is 32.9 Å². The van der Waals surface area contributed by atoms with E-state index in [4.69, 9.17) is 0 Å². The Hall–Kier alpha value is -1.96. The van der Waals surface area contributed by atoms with E-state index in [1.165, 1.54) is 0 Å². The molecule has 0 radical (unpaired) electrons. The highest BCUT2D eigenvalue weighted by Gasteiger charge is 2.12. The average Bonchev–Trinajstić information content (AvgIpc) is 2.23. The van der Waals surface area contributed by atoms with Crippen LogP contribution in [0.3, 0.4) is 0 Å². The molecule has 0 fully saturated rings. The Morgan fingerprint density at radius 1 is 0.824 bits per heavy atom. The molecule has 2 N–H and O–H groups in total. The zero-order valence-electron chi connectivity index (χ0n) is 10.3. The van der Waals surface area contributed by atoms with Crippen molar-refractivity contribution in [1.82, 2.24) is 0 Å². The first-order chi connectivity index (χ1) is 7.99. The number of phenolic OH excluding ortho intramolecular Hbond substituents is 2. The summed E-state index contributed by atoms with van der Waals surface area (Å²) in [6.45, 7) is 5.82. The predicted octanol–water partition coefficient (Wildman–Crippen LogP) is 3.69. The van der Waals surface area contributed by atoms with Crippen molar-refractivity contribution in [2.75, 3.05) is 0 Å². The molecule has 0 unspecified atom stereocenters. The van der Waals surface area contributed by atoms with Crippen LogP contribution in [-0.4, -0.2) is 10.2 Å². The highest BCUT2D eigenvalue weighted by atomic mass is 16.3. The molecule has 17 heavy (non-hydrogen) atoms. The van der Waals surface area contributed by atoms with Gasteiger partial charge in [0.15, 0.2) is 0 Å². The van der Waals surface area contributed by atoms with E-state index >= 15 is 0 Å². The summed E-state index contributed by atoms with van der Waals surface area (Å²) in [4.78, 5) is 0. The molecule has 2 rings (SSSR count). The summed E-state index contributed by atoms with van der Waals surface area (Å²) in [5.74, 6) is 0.258. The highest BCUT2D eigenvalue weighted by molar-refractivity contribution is 5.78. The van der Waals surface area contributed by atoms with Gasteiger partial charge in [0, 0.05) is 0 Å². The highest BCUT2D eigenvalue weighted by Crippen LogP contribution is 2.39. The van der Waals surface area contributed by atoms with E-state index in [0.29, 0.717) is 5.56 Å². The van der Waals surface area contributed by atoms with E-state index < -0.39 is 0 Å². The van der Waals surface area contributed by atoms with Crippen LogP contribution < -0.4 is 0 Å². The maximum Gasteiger partial charge on any atom is 0.130 e. The maximum atomic E-state index is 10.1. The van der Waals surface area contributed by atoms with Gasteiger partial charge in [-0.1, -0.05) is 35.4 Å². The van der Waals surface area contributed by atoms with Crippen molar-refractivity contribution in [2.45, 2.75) is 20.8 Å². The van der Waals surface area contributed by atoms with Crippen molar-refractivity contribution >= 4 is 0 Å². The Balaban J connectivity index is 2.72. The molecule has 0 aliphatic rings. The minimum absolute atomic E-state index is 0.109. The summed E-state index contributed by atoms with van der Waals surface area (Å²) in [6, 6.07) is 9.30. The smallest absolute Gasteiger partial charge is 0.130 e. The summed E-state index contributed by atoms with van der Waals surface area (Å²) in [5.41, 5.74) is 4.34. The second-order valence-electron chi connectivity index (χ2n) is 4.50. The van der Waals surface area contributed by atoms with Crippen molar-refractivity contribution in [1.29, 1.82) is 0 Å². The summed E-state index contributed by atoms with van der Waals surface area (Å²) in [5, 5.41) is 19.9. The Morgan fingerprint density at radius 2 is 1.41 bits per heavy atom. The van der Waals surface area contributed by atoms with Crippen LogP contribution in [-0.2, 0) is 0 Å². The number of hydrogen-bond donors (Lipinski definition) is 2. The van der Waals surface area contributed by atoms with Crippen LogP contribution >= 0.6 is 0 Å². The zero-order chi connectivity index (χ0) is 12.6. The fourth-order valence-electron chi connectivity index (χ4n) is 2.09. The second kappa shape index (κ2) is 4.13. The van der Waals surface area contributed by atoms with Gasteiger partial charge in [-0.25, -0.2) is 0 Å². The van der Waals surface area contributed by atoms with Crippen LogP contribution in [0, 0.1) is 20.8 Å². The van der Waals surface area contributed by atoms with Crippen LogP contribution in [0.4, 0.5) is 0 Å². The number of benzene rings is 2. The van der Waals surface area contributed by atoms with Crippen LogP contribution in [0.1, 0.15) is 16.7 Å². The summed E-state index contributed by atoms with van der Waals surface area (Å²) in [6.07, 6.45) is 0. The third-order valence-electron chi connectivity index (χ3n) is 2.87. The molecular formula is C15H16O2. The molecule has 2 aromatic rings. The number of aromatic hydroxyl groups is 2. The maximum absolute atomic E-state index is 10.1. The van der Waals surface area contributed by atoms with Crippen LogP contribution in [0.15, 0.2) is 30.3 Å². The predicted molar refractivity (Wildman–Crippen MR) is 69.4 cm³/mol. The third-order valence-corrected chi connectivity index (χ3v) is 2.87. The minimum atomic E-state index is 0.109. The normalized spacial score (nSPS) is 10.5. The average molecular weight is 228 g/mol. The molecule has 0 aromatic heterocycles. The van der Waals surface area contributed by atoms with Crippen molar-refractivity contribution < 1.29 is 10.2 Å². The molecule has 2 aromatic carbocycles. The summed E-state index contributed by atoms with van der Waals surface area (Å²) >= 11 is 0. The molecule has 2 nitrogen and oxygen atoms in total. The molecule has 0 aliphatic heterocycles. The first-order valence-corrected chi connectivity index (χ1v) is 5.59. The molecule has 0 saturated heterocycles. The summed E-state index contributed by atoms with van der Waals surface area (Å²) in [7, 11) is 0. The molecule has 0 spiro atoms. The van der Waals surface area contributed by atoms with Gasteiger partial charge >= 0.3 is 0 Å². The fourth-order valence-corrected chi connectivity index (χ4v) is 2.09. The lowest BCUT2D eigenvalue weighted by Gasteiger charge is -2.11. The lowest BCUT2D eigenvalue weighted by atomic mass is 9.97. The van der Waals surface area contributed by atoms with Crippen LogP contribution in [0.5, 0.6) is 11.5 Å². The van der Waals surface area contributed by atoms with Gasteiger partial charge in [-0.15, -0.1) is 0 Å². The molecule has 0 bridgehead atoms. The Kier molecular flexibility index (Phi) is 2.80. The number of phenols is 2. The molecule has 0 aliphatic carbocycles. The monoisotopic (exact) mass is 228 g/mol. The van der Waals surface area contributed by atoms with Crippen molar-refractivity contribution in [3.8, 4) is 22.6 Å². The van der Waals surface area contributed by atoms with E-state index in [-0.39, 0.29) is 11.5 Å². The van der Waals surface area contributed by atoms with Gasteiger partial charge in [-0.05, 0) is 38.0 Å². The van der Waals surface area contributed by atoms with E-state index in [1.54, 1.807) is 12.1 Å². The quantitative estimate of drug-likeness (QED) is 0.781. The van der Waals surface area contributed by atoms with Gasteiger partial charge in [0.1, 0.15) is 11.5 Å². The zero-order valence-corrected chi connectivity index (χ0v) is 10.3. The van der Waals surface area contributed by atoms with Crippen LogP contribution in [0.25, 0.3) is 11.1 Å². The standard InChI is InChI=1S/C15H16O2/c1-9-6-10(2)8-12(7-9)14-13(16)5-4-11(3)15(14)17/h4-8,16-17H,1-3H3. The SMILES string of the molecule is Cc1cc(C)cc(-c2c(O)ccc(C)c2O)c1. The van der Waals surface area contributed by atoms with Gasteiger partial charge in [0.05, 0.1) is 5.56 Å². The molecule has 0 heterocycles. The van der Waals surface area contributed by atoms with Gasteiger partial charge in [0.2, 0.25) is 0 Å². The Morgan fingerprint density at radius 3 is 2.00 bits per heavy atom. The minimum Gasteiger partial charge on any atom is -0.507 e.